The monoisotopic (exact) mass is 277 g/mol. The van der Waals surface area contributed by atoms with Crippen LogP contribution in [-0.4, -0.2) is 12.5 Å². The SMILES string of the molecule is CC(CCCN)C(=O)Nc1sc2c(c1C#N)CCC2. The van der Waals surface area contributed by atoms with Gasteiger partial charge in [-0.1, -0.05) is 6.92 Å². The van der Waals surface area contributed by atoms with Gasteiger partial charge >= 0.3 is 0 Å². The number of nitriles is 1. The quantitative estimate of drug-likeness (QED) is 0.867. The number of hydrogen-bond acceptors (Lipinski definition) is 4. The van der Waals surface area contributed by atoms with E-state index in [1.54, 1.807) is 11.3 Å². The van der Waals surface area contributed by atoms with E-state index in [1.807, 2.05) is 6.92 Å². The average molecular weight is 277 g/mol. The summed E-state index contributed by atoms with van der Waals surface area (Å²) in [5.41, 5.74) is 7.28. The number of aryl methyl sites for hydroxylation is 1. The van der Waals surface area contributed by atoms with Gasteiger partial charge in [0.05, 0.1) is 5.56 Å². The third-order valence-corrected chi connectivity index (χ3v) is 4.77. The van der Waals surface area contributed by atoms with Crippen molar-refractivity contribution >= 4 is 22.2 Å². The van der Waals surface area contributed by atoms with Crippen molar-refractivity contribution in [1.82, 2.24) is 0 Å². The Bertz CT molecular complexity index is 515. The summed E-state index contributed by atoms with van der Waals surface area (Å²) in [6.45, 7) is 2.51. The molecular formula is C14H19N3OS. The number of nitrogens with zero attached hydrogens (tertiary/aromatic N) is 1. The molecule has 5 heteroatoms. The summed E-state index contributed by atoms with van der Waals surface area (Å²) in [5, 5.41) is 12.9. The highest BCUT2D eigenvalue weighted by atomic mass is 32.1. The van der Waals surface area contributed by atoms with Crippen LogP contribution in [0, 0.1) is 17.2 Å². The van der Waals surface area contributed by atoms with Crippen molar-refractivity contribution in [2.75, 3.05) is 11.9 Å². The van der Waals surface area contributed by atoms with Gasteiger partial charge in [-0.05, 0) is 44.2 Å². The van der Waals surface area contributed by atoms with Crippen molar-refractivity contribution in [2.24, 2.45) is 11.7 Å². The molecule has 1 aliphatic rings. The molecule has 0 bridgehead atoms. The topological polar surface area (TPSA) is 78.9 Å². The second kappa shape index (κ2) is 6.18. The molecule has 1 amide bonds. The molecule has 1 atom stereocenters. The van der Waals surface area contributed by atoms with Crippen LogP contribution in [0.1, 0.15) is 42.2 Å². The molecule has 1 aromatic heterocycles. The van der Waals surface area contributed by atoms with Crippen molar-refractivity contribution in [1.29, 1.82) is 5.26 Å². The number of nitrogens with two attached hydrogens (primary N) is 1. The first-order valence-electron chi connectivity index (χ1n) is 6.73. The molecule has 4 nitrogen and oxygen atoms in total. The van der Waals surface area contributed by atoms with Gasteiger partial charge in [-0.25, -0.2) is 0 Å². The number of fused-ring (bicyclic) bond motifs is 1. The third kappa shape index (κ3) is 2.96. The highest BCUT2D eigenvalue weighted by molar-refractivity contribution is 7.16. The van der Waals surface area contributed by atoms with Crippen molar-refractivity contribution in [3.05, 3.63) is 16.0 Å². The molecular weight excluding hydrogens is 258 g/mol. The summed E-state index contributed by atoms with van der Waals surface area (Å²) < 4.78 is 0. The Morgan fingerprint density at radius 1 is 1.58 bits per heavy atom. The van der Waals surface area contributed by atoms with Gasteiger partial charge in [-0.15, -0.1) is 11.3 Å². The second-order valence-corrected chi connectivity index (χ2v) is 6.10. The van der Waals surface area contributed by atoms with Crippen LogP contribution in [0.4, 0.5) is 5.00 Å². The standard InChI is InChI=1S/C14H19N3OS/c1-9(4-3-7-15)13(18)17-14-11(8-16)10-5-2-6-12(10)19-14/h9H,2-7,15H2,1H3,(H,17,18). The molecule has 1 aromatic rings. The molecule has 3 N–H and O–H groups in total. The third-order valence-electron chi connectivity index (χ3n) is 3.56. The van der Waals surface area contributed by atoms with Crippen LogP contribution in [0.25, 0.3) is 0 Å². The van der Waals surface area contributed by atoms with Crippen LogP contribution in [0.15, 0.2) is 0 Å². The van der Waals surface area contributed by atoms with E-state index in [4.69, 9.17) is 5.73 Å². The van der Waals surface area contributed by atoms with Gasteiger partial charge < -0.3 is 11.1 Å². The lowest BCUT2D eigenvalue weighted by Gasteiger charge is -2.10. The van der Waals surface area contributed by atoms with E-state index >= 15 is 0 Å². The summed E-state index contributed by atoms with van der Waals surface area (Å²) in [6, 6.07) is 2.24. The van der Waals surface area contributed by atoms with Gasteiger partial charge in [-0.2, -0.15) is 5.26 Å². The molecule has 19 heavy (non-hydrogen) atoms. The number of carbonyl (C=O) groups is 1. The highest BCUT2D eigenvalue weighted by Gasteiger charge is 2.24. The second-order valence-electron chi connectivity index (χ2n) is 4.99. The zero-order chi connectivity index (χ0) is 13.8. The zero-order valence-electron chi connectivity index (χ0n) is 11.2. The van der Waals surface area contributed by atoms with Gasteiger partial charge in [0.2, 0.25) is 5.91 Å². The summed E-state index contributed by atoms with van der Waals surface area (Å²) in [4.78, 5) is 13.3. The Kier molecular flexibility index (Phi) is 4.56. The smallest absolute Gasteiger partial charge is 0.227 e. The zero-order valence-corrected chi connectivity index (χ0v) is 12.0. The van der Waals surface area contributed by atoms with Crippen LogP contribution < -0.4 is 11.1 Å². The highest BCUT2D eigenvalue weighted by Crippen LogP contribution is 2.38. The molecule has 0 fully saturated rings. The Hall–Kier alpha value is -1.38. The van der Waals surface area contributed by atoms with Gasteiger partial charge in [0.25, 0.3) is 0 Å². The van der Waals surface area contributed by atoms with Gasteiger partial charge in [0.1, 0.15) is 11.1 Å². The Labute approximate surface area is 117 Å². The van der Waals surface area contributed by atoms with E-state index in [0.717, 1.165) is 42.7 Å². The molecule has 0 radical (unpaired) electrons. The van der Waals surface area contributed by atoms with Crippen LogP contribution in [0.2, 0.25) is 0 Å². The lowest BCUT2D eigenvalue weighted by Crippen LogP contribution is -2.21. The van der Waals surface area contributed by atoms with E-state index in [0.29, 0.717) is 12.1 Å². The summed E-state index contributed by atoms with van der Waals surface area (Å²) in [6.07, 6.45) is 4.76. The first-order chi connectivity index (χ1) is 9.17. The maximum absolute atomic E-state index is 12.1. The fraction of sp³-hybridized carbons (Fsp3) is 0.571. The minimum atomic E-state index is -0.0629. The fourth-order valence-electron chi connectivity index (χ4n) is 2.40. The van der Waals surface area contributed by atoms with Gasteiger partial charge in [-0.3, -0.25) is 4.79 Å². The Balaban J connectivity index is 2.08. The number of rotatable bonds is 5. The number of thiophene rings is 1. The molecule has 0 spiro atoms. The number of hydrogen-bond donors (Lipinski definition) is 2. The maximum atomic E-state index is 12.1. The van der Waals surface area contributed by atoms with E-state index in [9.17, 15) is 10.1 Å². The van der Waals surface area contributed by atoms with E-state index in [1.165, 1.54) is 4.88 Å². The van der Waals surface area contributed by atoms with E-state index in [2.05, 4.69) is 11.4 Å². The van der Waals surface area contributed by atoms with Crippen LogP contribution in [-0.2, 0) is 17.6 Å². The fourth-order valence-corrected chi connectivity index (χ4v) is 3.64. The molecule has 0 saturated carbocycles. The minimum absolute atomic E-state index is 0.00938. The van der Waals surface area contributed by atoms with E-state index < -0.39 is 0 Å². The number of amides is 1. The average Bonchev–Trinajstić information content (AvgIpc) is 2.95. The lowest BCUT2D eigenvalue weighted by molar-refractivity contribution is -0.119. The first kappa shape index (κ1) is 14.0. The molecule has 1 unspecified atom stereocenters. The van der Waals surface area contributed by atoms with Crippen molar-refractivity contribution in [3.8, 4) is 6.07 Å². The Morgan fingerprint density at radius 3 is 3.05 bits per heavy atom. The summed E-state index contributed by atoms with van der Waals surface area (Å²) >= 11 is 1.56. The van der Waals surface area contributed by atoms with Crippen molar-refractivity contribution < 1.29 is 4.79 Å². The number of carbonyl (C=O) groups excluding carboxylic acids is 1. The van der Waals surface area contributed by atoms with Crippen LogP contribution >= 0.6 is 11.3 Å². The summed E-state index contributed by atoms with van der Waals surface area (Å²) in [5.74, 6) is -0.0723. The normalized spacial score (nSPS) is 14.8. The van der Waals surface area contributed by atoms with Crippen molar-refractivity contribution in [3.63, 3.8) is 0 Å². The molecule has 1 aliphatic carbocycles. The Morgan fingerprint density at radius 2 is 2.37 bits per heavy atom. The van der Waals surface area contributed by atoms with Gasteiger partial charge in [0.15, 0.2) is 0 Å². The molecule has 102 valence electrons. The minimum Gasteiger partial charge on any atom is -0.330 e. The largest absolute Gasteiger partial charge is 0.330 e. The first-order valence-corrected chi connectivity index (χ1v) is 7.54. The predicted octanol–water partition coefficient (Wildman–Crippen LogP) is 2.42. The lowest BCUT2D eigenvalue weighted by atomic mass is 10.0. The number of nitrogens with one attached hydrogen (secondary N) is 1. The number of anilines is 1. The molecule has 0 aliphatic heterocycles. The van der Waals surface area contributed by atoms with Gasteiger partial charge in [0, 0.05) is 10.8 Å². The molecule has 1 heterocycles. The molecule has 2 rings (SSSR count). The van der Waals surface area contributed by atoms with Crippen molar-refractivity contribution in [2.45, 2.75) is 39.0 Å². The van der Waals surface area contributed by atoms with Crippen LogP contribution in [0.3, 0.4) is 0 Å². The summed E-state index contributed by atoms with van der Waals surface area (Å²) in [7, 11) is 0. The molecule has 0 aromatic carbocycles. The maximum Gasteiger partial charge on any atom is 0.227 e. The molecule has 0 saturated heterocycles. The predicted molar refractivity (Wildman–Crippen MR) is 77.1 cm³/mol. The van der Waals surface area contributed by atoms with E-state index in [-0.39, 0.29) is 11.8 Å². The van der Waals surface area contributed by atoms with Crippen LogP contribution in [0.5, 0.6) is 0 Å².